The van der Waals surface area contributed by atoms with Gasteiger partial charge in [-0.1, -0.05) is 6.07 Å². The molecule has 2 rings (SSSR count). The van der Waals surface area contributed by atoms with Crippen molar-refractivity contribution in [2.24, 2.45) is 0 Å². The number of carbonyl (C=O) groups is 1. The lowest BCUT2D eigenvalue weighted by Gasteiger charge is -2.28. The molecule has 2 heterocycles. The van der Waals surface area contributed by atoms with Crippen molar-refractivity contribution in [2.75, 3.05) is 20.8 Å². The van der Waals surface area contributed by atoms with Crippen molar-refractivity contribution in [1.29, 1.82) is 0 Å². The van der Waals surface area contributed by atoms with Gasteiger partial charge in [0, 0.05) is 32.6 Å². The zero-order valence-electron chi connectivity index (χ0n) is 15.4. The second-order valence-corrected chi connectivity index (χ2v) is 6.03. The van der Waals surface area contributed by atoms with E-state index in [1.807, 2.05) is 38.1 Å². The second kappa shape index (κ2) is 8.07. The van der Waals surface area contributed by atoms with E-state index >= 15 is 0 Å². The number of aryl methyl sites for hydroxylation is 2. The number of aromatic nitrogens is 2. The number of amides is 1. The summed E-state index contributed by atoms with van der Waals surface area (Å²) in [6.45, 7) is 6.38. The van der Waals surface area contributed by atoms with Crippen molar-refractivity contribution in [3.05, 3.63) is 63.3 Å². The molecule has 0 saturated heterocycles. The van der Waals surface area contributed by atoms with E-state index in [9.17, 15) is 9.59 Å². The normalized spacial score (nSPS) is 12.0. The van der Waals surface area contributed by atoms with Crippen LogP contribution in [-0.4, -0.2) is 41.1 Å². The SMILES string of the molecule is CCn1c(C)cc(C)c(C(=O)N(C)[C@H](COC)c2ccccn2)c1=O. The molecule has 0 fully saturated rings. The summed E-state index contributed by atoms with van der Waals surface area (Å²) in [7, 11) is 3.26. The topological polar surface area (TPSA) is 64.4 Å². The molecule has 0 aliphatic heterocycles. The number of rotatable bonds is 6. The summed E-state index contributed by atoms with van der Waals surface area (Å²) in [5.74, 6) is -0.322. The van der Waals surface area contributed by atoms with Gasteiger partial charge in [0.1, 0.15) is 5.56 Å². The van der Waals surface area contributed by atoms with Gasteiger partial charge in [-0.3, -0.25) is 14.6 Å². The largest absolute Gasteiger partial charge is 0.382 e. The third-order valence-electron chi connectivity index (χ3n) is 4.38. The molecule has 0 aliphatic rings. The van der Waals surface area contributed by atoms with E-state index in [4.69, 9.17) is 4.74 Å². The van der Waals surface area contributed by atoms with Crippen LogP contribution in [0.1, 0.15) is 40.3 Å². The highest BCUT2D eigenvalue weighted by molar-refractivity contribution is 5.95. The first-order valence-corrected chi connectivity index (χ1v) is 8.30. The van der Waals surface area contributed by atoms with E-state index in [2.05, 4.69) is 4.98 Å². The molecule has 6 heteroatoms. The lowest BCUT2D eigenvalue weighted by molar-refractivity contribution is 0.0592. The number of hydrogen-bond acceptors (Lipinski definition) is 4. The van der Waals surface area contributed by atoms with E-state index in [1.165, 1.54) is 4.90 Å². The molecule has 0 saturated carbocycles. The van der Waals surface area contributed by atoms with Gasteiger partial charge in [0.05, 0.1) is 18.3 Å². The predicted molar refractivity (Wildman–Crippen MR) is 96.8 cm³/mol. The molecule has 0 unspecified atom stereocenters. The van der Waals surface area contributed by atoms with Gasteiger partial charge >= 0.3 is 0 Å². The average molecular weight is 343 g/mol. The zero-order chi connectivity index (χ0) is 18.6. The van der Waals surface area contributed by atoms with Crippen LogP contribution in [0, 0.1) is 13.8 Å². The van der Waals surface area contributed by atoms with Crippen LogP contribution < -0.4 is 5.56 Å². The molecule has 6 nitrogen and oxygen atoms in total. The number of ether oxygens (including phenoxy) is 1. The van der Waals surface area contributed by atoms with Gasteiger partial charge in [0.2, 0.25) is 0 Å². The highest BCUT2D eigenvalue weighted by Gasteiger charge is 2.27. The summed E-state index contributed by atoms with van der Waals surface area (Å²) in [5.41, 5.74) is 2.20. The van der Waals surface area contributed by atoms with Crippen LogP contribution in [0.4, 0.5) is 0 Å². The molecule has 0 spiro atoms. The van der Waals surface area contributed by atoms with Crippen LogP contribution in [-0.2, 0) is 11.3 Å². The Labute approximate surface area is 148 Å². The molecular weight excluding hydrogens is 318 g/mol. The van der Waals surface area contributed by atoms with E-state index in [-0.39, 0.29) is 23.1 Å². The Bertz CT molecular complexity index is 800. The number of methoxy groups -OCH3 is 1. The minimum Gasteiger partial charge on any atom is -0.382 e. The summed E-state index contributed by atoms with van der Waals surface area (Å²) in [6, 6.07) is 7.04. The van der Waals surface area contributed by atoms with Gasteiger partial charge in [-0.05, 0) is 44.5 Å². The monoisotopic (exact) mass is 343 g/mol. The standard InChI is InChI=1S/C19H25N3O3/c1-6-22-14(3)11-13(2)17(19(22)24)18(23)21(4)16(12-25-5)15-9-7-8-10-20-15/h7-11,16H,6,12H2,1-5H3/t16-/m1/s1. The molecule has 0 aliphatic carbocycles. The van der Waals surface area contributed by atoms with Gasteiger partial charge < -0.3 is 14.2 Å². The Balaban J connectivity index is 2.47. The smallest absolute Gasteiger partial charge is 0.263 e. The van der Waals surface area contributed by atoms with Crippen molar-refractivity contribution in [1.82, 2.24) is 14.5 Å². The van der Waals surface area contributed by atoms with E-state index in [0.29, 0.717) is 18.7 Å². The van der Waals surface area contributed by atoms with Gasteiger partial charge in [-0.2, -0.15) is 0 Å². The lowest BCUT2D eigenvalue weighted by Crippen LogP contribution is -2.39. The molecular formula is C19H25N3O3. The van der Waals surface area contributed by atoms with Crippen LogP contribution in [0.2, 0.25) is 0 Å². The number of pyridine rings is 2. The minimum absolute atomic E-state index is 0.201. The molecule has 0 N–H and O–H groups in total. The molecule has 0 aromatic carbocycles. The summed E-state index contributed by atoms with van der Waals surface area (Å²) < 4.78 is 6.88. The molecule has 25 heavy (non-hydrogen) atoms. The maximum Gasteiger partial charge on any atom is 0.263 e. The average Bonchev–Trinajstić information content (AvgIpc) is 2.59. The lowest BCUT2D eigenvalue weighted by atomic mass is 10.1. The Morgan fingerprint density at radius 2 is 2.08 bits per heavy atom. The third-order valence-corrected chi connectivity index (χ3v) is 4.38. The fourth-order valence-electron chi connectivity index (χ4n) is 3.02. The number of hydrogen-bond donors (Lipinski definition) is 0. The van der Waals surface area contributed by atoms with Crippen molar-refractivity contribution in [3.8, 4) is 0 Å². The van der Waals surface area contributed by atoms with Gasteiger partial charge in [0.15, 0.2) is 0 Å². The predicted octanol–water partition coefficient (Wildman–Crippen LogP) is 2.34. The molecule has 1 atom stereocenters. The van der Waals surface area contributed by atoms with E-state index < -0.39 is 0 Å². The Morgan fingerprint density at radius 3 is 2.64 bits per heavy atom. The van der Waals surface area contributed by atoms with Gasteiger partial charge in [-0.25, -0.2) is 0 Å². The van der Waals surface area contributed by atoms with E-state index in [0.717, 1.165) is 11.4 Å². The first kappa shape index (κ1) is 18.9. The van der Waals surface area contributed by atoms with Crippen LogP contribution in [0.3, 0.4) is 0 Å². The van der Waals surface area contributed by atoms with Crippen molar-refractivity contribution in [2.45, 2.75) is 33.4 Å². The summed E-state index contributed by atoms with van der Waals surface area (Å²) in [4.78, 5) is 31.7. The van der Waals surface area contributed by atoms with Crippen molar-refractivity contribution < 1.29 is 9.53 Å². The highest BCUT2D eigenvalue weighted by atomic mass is 16.5. The maximum atomic E-state index is 13.1. The van der Waals surface area contributed by atoms with Crippen molar-refractivity contribution in [3.63, 3.8) is 0 Å². The van der Waals surface area contributed by atoms with Crippen LogP contribution >= 0.6 is 0 Å². The third kappa shape index (κ3) is 3.79. The Hall–Kier alpha value is -2.47. The van der Waals surface area contributed by atoms with Crippen molar-refractivity contribution >= 4 is 5.91 Å². The minimum atomic E-state index is -0.367. The fraction of sp³-hybridized carbons (Fsp3) is 0.421. The molecule has 2 aromatic rings. The van der Waals surface area contributed by atoms with Gasteiger partial charge in [0.25, 0.3) is 11.5 Å². The molecule has 2 aromatic heterocycles. The molecule has 0 radical (unpaired) electrons. The van der Waals surface area contributed by atoms with Crippen LogP contribution in [0.25, 0.3) is 0 Å². The summed E-state index contributed by atoms with van der Waals surface area (Å²) in [5, 5.41) is 0. The summed E-state index contributed by atoms with van der Waals surface area (Å²) in [6.07, 6.45) is 1.68. The number of likely N-dealkylation sites (N-methyl/N-ethyl adjacent to an activating group) is 1. The Morgan fingerprint density at radius 1 is 1.36 bits per heavy atom. The second-order valence-electron chi connectivity index (χ2n) is 6.03. The fourth-order valence-corrected chi connectivity index (χ4v) is 3.02. The maximum absolute atomic E-state index is 13.1. The molecule has 0 bridgehead atoms. The van der Waals surface area contributed by atoms with E-state index in [1.54, 1.807) is 31.8 Å². The highest BCUT2D eigenvalue weighted by Crippen LogP contribution is 2.20. The quantitative estimate of drug-likeness (QED) is 0.807. The zero-order valence-corrected chi connectivity index (χ0v) is 15.4. The number of carbonyl (C=O) groups excluding carboxylic acids is 1. The number of nitrogens with zero attached hydrogens (tertiary/aromatic N) is 3. The van der Waals surface area contributed by atoms with Crippen LogP contribution in [0.5, 0.6) is 0 Å². The molecule has 1 amide bonds. The van der Waals surface area contributed by atoms with Gasteiger partial charge in [-0.15, -0.1) is 0 Å². The van der Waals surface area contributed by atoms with Crippen LogP contribution in [0.15, 0.2) is 35.3 Å². The molecule has 134 valence electrons. The first-order valence-electron chi connectivity index (χ1n) is 8.30. The Kier molecular flexibility index (Phi) is 6.09. The first-order chi connectivity index (χ1) is 11.9. The summed E-state index contributed by atoms with van der Waals surface area (Å²) >= 11 is 0.